The zero-order chi connectivity index (χ0) is 51.8. The van der Waals surface area contributed by atoms with Crippen LogP contribution < -0.4 is 37.9 Å². The van der Waals surface area contributed by atoms with Gasteiger partial charge in [-0.1, -0.05) is 27.7 Å². The van der Waals surface area contributed by atoms with Crippen molar-refractivity contribution in [3.8, 4) is 46.0 Å². The minimum Gasteiger partial charge on any atom is -0.457 e. The molecule has 4 aromatic rings. The van der Waals surface area contributed by atoms with Crippen LogP contribution in [0, 0.1) is 0 Å². The summed E-state index contributed by atoms with van der Waals surface area (Å²) in [5.74, 6) is 4.86. The van der Waals surface area contributed by atoms with E-state index in [1.54, 1.807) is 0 Å². The van der Waals surface area contributed by atoms with E-state index in [2.05, 4.69) is 61.8 Å². The Kier molecular flexibility index (Phi) is 17.5. The molecular weight excluding hydrogens is 981 g/mol. The van der Waals surface area contributed by atoms with Crippen LogP contribution in [-0.2, 0) is 51.0 Å². The van der Waals surface area contributed by atoms with Crippen LogP contribution in [0.4, 0.5) is 0 Å². The summed E-state index contributed by atoms with van der Waals surface area (Å²) in [7, 11) is 0. The monoisotopic (exact) mass is 1050 g/mol. The van der Waals surface area contributed by atoms with Gasteiger partial charge in [-0.2, -0.15) is 0 Å². The van der Waals surface area contributed by atoms with Gasteiger partial charge >= 0.3 is 0 Å². The van der Waals surface area contributed by atoms with E-state index >= 15 is 0 Å². The van der Waals surface area contributed by atoms with Crippen LogP contribution in [0.5, 0.6) is 46.0 Å². The molecule has 2 fully saturated rings. The van der Waals surface area contributed by atoms with Crippen molar-refractivity contribution in [2.75, 3.05) is 159 Å². The Morgan fingerprint density at radius 1 is 0.289 bits per heavy atom. The van der Waals surface area contributed by atoms with Crippen molar-refractivity contribution in [2.45, 2.75) is 64.5 Å². The van der Waals surface area contributed by atoms with Crippen LogP contribution in [0.25, 0.3) is 0 Å². The summed E-state index contributed by atoms with van der Waals surface area (Å²) in [5.41, 5.74) is 10.0. The van der Waals surface area contributed by atoms with Crippen molar-refractivity contribution in [3.63, 3.8) is 0 Å². The van der Waals surface area contributed by atoms with E-state index in [0.717, 1.165) is 78.6 Å². The minimum absolute atomic E-state index is 0.0407. The molecular formula is C58H74N2O16. The third-order valence-electron chi connectivity index (χ3n) is 15.7. The highest BCUT2D eigenvalue weighted by Crippen LogP contribution is 2.55. The largest absolute Gasteiger partial charge is 0.457 e. The van der Waals surface area contributed by atoms with E-state index in [0.29, 0.717) is 168 Å². The molecule has 0 N–H and O–H groups in total. The van der Waals surface area contributed by atoms with Crippen LogP contribution in [0.1, 0.15) is 107 Å². The van der Waals surface area contributed by atoms with Crippen molar-refractivity contribution in [2.24, 2.45) is 0 Å². The molecule has 6 heterocycles. The summed E-state index contributed by atoms with van der Waals surface area (Å²) in [4.78, 5) is 4.68. The molecule has 2 saturated heterocycles. The fraction of sp³-hybridized carbons (Fsp3) is 0.586. The van der Waals surface area contributed by atoms with Crippen molar-refractivity contribution in [1.82, 2.24) is 9.80 Å². The second-order valence-electron chi connectivity index (χ2n) is 20.2. The molecule has 7 aliphatic rings. The molecule has 0 aromatic heterocycles. The highest BCUT2D eigenvalue weighted by molar-refractivity contribution is 5.67. The highest BCUT2D eigenvalue weighted by Gasteiger charge is 2.37. The summed E-state index contributed by atoms with van der Waals surface area (Å²) in [6.07, 6.45) is 0. The number of ether oxygens (including phenoxy) is 16. The maximum absolute atomic E-state index is 6.84. The average Bonchev–Trinajstić information content (AvgIpc) is 3.49. The van der Waals surface area contributed by atoms with Crippen molar-refractivity contribution >= 4 is 0 Å². The van der Waals surface area contributed by atoms with Gasteiger partial charge in [-0.05, 0) is 24.3 Å². The van der Waals surface area contributed by atoms with Gasteiger partial charge in [0, 0.05) is 120 Å². The summed E-state index contributed by atoms with van der Waals surface area (Å²) in [6, 6.07) is 13.2. The molecule has 0 radical (unpaired) electrons. The predicted octanol–water partition coefficient (Wildman–Crippen LogP) is 7.29. The van der Waals surface area contributed by atoms with E-state index in [9.17, 15) is 0 Å². The number of hydrogen-bond donors (Lipinski definition) is 0. The lowest BCUT2D eigenvalue weighted by Crippen LogP contribution is -2.32. The highest BCUT2D eigenvalue weighted by atomic mass is 16.7. The van der Waals surface area contributed by atoms with E-state index < -0.39 is 0 Å². The predicted molar refractivity (Wildman–Crippen MR) is 277 cm³/mol. The molecule has 18 heteroatoms. The van der Waals surface area contributed by atoms with Crippen molar-refractivity contribution in [3.05, 3.63) is 92.0 Å². The maximum atomic E-state index is 6.84. The summed E-state index contributed by atoms with van der Waals surface area (Å²) >= 11 is 0. The van der Waals surface area contributed by atoms with Gasteiger partial charge in [-0.25, -0.2) is 0 Å². The average molecular weight is 1060 g/mol. The Morgan fingerprint density at radius 3 is 0.763 bits per heavy atom. The van der Waals surface area contributed by atoms with Gasteiger partial charge in [0.2, 0.25) is 27.2 Å². The standard InChI is InChI=1S/C58H74N2O16/c1-37-41-25-42-38(2)47-28-48-40(4)44-26-43-39(3)46-27-45(37)55-49(31-59-5-9-61-13-17-65-21-22-66-18-14-62-10-6-59)56(46)74-35-71-53(43)30-54(44)72-36-76-58(48)50(57(47)75-34-70-52(42)29-51(41)69-33-73-55)32-60-7-11-63-15-19-67-23-24-68-20-16-64-12-8-60/h25-30,37-40H,5-24,31-36H2,1-4H3/t37-,38+,39+,40-. The van der Waals surface area contributed by atoms with Crippen molar-refractivity contribution in [1.29, 1.82) is 0 Å². The fourth-order valence-electron chi connectivity index (χ4n) is 11.4. The van der Waals surface area contributed by atoms with E-state index in [1.807, 2.05) is 12.1 Å². The first-order valence-corrected chi connectivity index (χ1v) is 27.2. The van der Waals surface area contributed by atoms with Crippen LogP contribution in [-0.4, -0.2) is 169 Å². The van der Waals surface area contributed by atoms with Gasteiger partial charge in [0.1, 0.15) is 46.0 Å². The molecule has 11 rings (SSSR count). The zero-order valence-corrected chi connectivity index (χ0v) is 44.6. The molecule has 412 valence electrons. The number of benzene rings is 4. The second kappa shape index (κ2) is 25.1. The molecule has 0 spiro atoms. The number of hydrogen-bond acceptors (Lipinski definition) is 18. The van der Waals surface area contributed by atoms with E-state index in [1.165, 1.54) is 0 Å². The molecule has 6 aliphatic heterocycles. The van der Waals surface area contributed by atoms with Gasteiger partial charge < -0.3 is 75.8 Å². The fourth-order valence-corrected chi connectivity index (χ4v) is 11.4. The van der Waals surface area contributed by atoms with Crippen molar-refractivity contribution < 1.29 is 75.8 Å². The zero-order valence-electron chi connectivity index (χ0n) is 44.6. The molecule has 4 atom stereocenters. The lowest BCUT2D eigenvalue weighted by Gasteiger charge is -2.35. The van der Waals surface area contributed by atoms with Gasteiger partial charge in [0.25, 0.3) is 0 Å². The molecule has 18 nitrogen and oxygen atoms in total. The molecule has 8 bridgehead atoms. The molecule has 0 saturated carbocycles. The normalized spacial score (nSPS) is 24.3. The van der Waals surface area contributed by atoms with Gasteiger partial charge in [0.15, 0.2) is 0 Å². The Bertz CT molecular complexity index is 2300. The molecule has 1 aliphatic carbocycles. The lowest BCUT2D eigenvalue weighted by molar-refractivity contribution is 0.00206. The maximum Gasteiger partial charge on any atom is 0.230 e. The first kappa shape index (κ1) is 52.9. The van der Waals surface area contributed by atoms with Gasteiger partial charge in [-0.3, -0.25) is 9.80 Å². The smallest absolute Gasteiger partial charge is 0.230 e. The van der Waals surface area contributed by atoms with Crippen LogP contribution >= 0.6 is 0 Å². The first-order chi connectivity index (χ1) is 37.4. The Hall–Kier alpha value is -5.12. The first-order valence-electron chi connectivity index (χ1n) is 27.2. The van der Waals surface area contributed by atoms with Crippen LogP contribution in [0.3, 0.4) is 0 Å². The quantitative estimate of drug-likeness (QED) is 0.201. The Balaban J connectivity index is 1.05. The Labute approximate surface area is 445 Å². The third-order valence-corrected chi connectivity index (χ3v) is 15.7. The molecule has 76 heavy (non-hydrogen) atoms. The van der Waals surface area contributed by atoms with E-state index in [-0.39, 0.29) is 50.8 Å². The van der Waals surface area contributed by atoms with Crippen LogP contribution in [0.2, 0.25) is 0 Å². The minimum atomic E-state index is -0.197. The second-order valence-corrected chi connectivity index (χ2v) is 20.2. The Morgan fingerprint density at radius 2 is 0.513 bits per heavy atom. The lowest BCUT2D eigenvalue weighted by atomic mass is 9.79. The number of nitrogens with zero attached hydrogens (tertiary/aromatic N) is 2. The topological polar surface area (TPSA) is 154 Å². The summed E-state index contributed by atoms with van der Waals surface area (Å²) in [6.45, 7) is 20.4. The van der Waals surface area contributed by atoms with Gasteiger partial charge in [0.05, 0.1) is 117 Å². The van der Waals surface area contributed by atoms with Gasteiger partial charge in [-0.15, -0.1) is 0 Å². The third kappa shape index (κ3) is 11.7. The summed E-state index contributed by atoms with van der Waals surface area (Å²) < 4.78 is 101. The summed E-state index contributed by atoms with van der Waals surface area (Å²) in [5, 5.41) is 0. The SMILES string of the molecule is C[C@@H]1c2cc3c4cc2OCOc2c1cc1c(c2CN2CCOCCOCCOCCOCC2)OCOc2cc5c(cc2[C@@H]1C)[C@@H](C)c1cc(c(c(CN2CCOCCOCCOCCOCC2)c1OCO5)OCO4)[C@H]3C. The molecule has 4 aromatic carbocycles. The number of rotatable bonds is 4. The van der Waals surface area contributed by atoms with E-state index in [4.69, 9.17) is 75.8 Å². The molecule has 0 unspecified atom stereocenters. The molecule has 0 amide bonds. The van der Waals surface area contributed by atoms with Crippen LogP contribution in [0.15, 0.2) is 36.4 Å².